The zero-order valence-electron chi connectivity index (χ0n) is 18.3. The zero-order chi connectivity index (χ0) is 22.0. The van der Waals surface area contributed by atoms with Gasteiger partial charge in [0, 0.05) is 7.11 Å². The Balaban J connectivity index is 1.42. The molecule has 1 aliphatic rings. The molecule has 0 aromatic heterocycles. The van der Waals surface area contributed by atoms with Gasteiger partial charge in [-0.05, 0) is 16.7 Å². The number of hydrogen-bond acceptors (Lipinski definition) is 5. The summed E-state index contributed by atoms with van der Waals surface area (Å²) in [6.45, 7) is 1.82. The van der Waals surface area contributed by atoms with Crippen LogP contribution in [0.2, 0.25) is 0 Å². The van der Waals surface area contributed by atoms with Crippen LogP contribution in [0.4, 0.5) is 0 Å². The van der Waals surface area contributed by atoms with Gasteiger partial charge in [-0.2, -0.15) is 0 Å². The van der Waals surface area contributed by atoms with Crippen LogP contribution in [0.25, 0.3) is 0 Å². The molecule has 1 heterocycles. The number of benzene rings is 3. The standard InChI is InChI=1S/C27H30O5/c1-28-27-26(31-19-23-15-9-4-10-16-23)25(30-18-22-13-7-3-8-14-22)24(32-27)20-29-17-21-11-5-2-6-12-21/h2-16,24-27H,17-20H2,1H3/t24-,25-,26+,27+/m1/s1. The molecule has 0 saturated carbocycles. The van der Waals surface area contributed by atoms with Gasteiger partial charge in [-0.1, -0.05) is 91.0 Å². The summed E-state index contributed by atoms with van der Waals surface area (Å²) in [6.07, 6.45) is -1.51. The number of methoxy groups -OCH3 is 1. The van der Waals surface area contributed by atoms with Crippen molar-refractivity contribution >= 4 is 0 Å². The van der Waals surface area contributed by atoms with Crippen molar-refractivity contribution in [3.63, 3.8) is 0 Å². The molecular formula is C27H30O5. The average molecular weight is 435 g/mol. The molecule has 3 aromatic rings. The Morgan fingerprint density at radius 2 is 1.09 bits per heavy atom. The van der Waals surface area contributed by atoms with Gasteiger partial charge >= 0.3 is 0 Å². The van der Waals surface area contributed by atoms with Crippen LogP contribution in [0.5, 0.6) is 0 Å². The third-order valence-corrected chi connectivity index (χ3v) is 5.46. The molecular weight excluding hydrogens is 404 g/mol. The molecule has 1 fully saturated rings. The fourth-order valence-electron chi connectivity index (χ4n) is 3.79. The van der Waals surface area contributed by atoms with E-state index in [4.69, 9.17) is 23.7 Å². The maximum Gasteiger partial charge on any atom is 0.186 e. The maximum absolute atomic E-state index is 6.33. The molecule has 5 nitrogen and oxygen atoms in total. The number of ether oxygens (including phenoxy) is 5. The lowest BCUT2D eigenvalue weighted by molar-refractivity contribution is -0.170. The highest BCUT2D eigenvalue weighted by atomic mass is 16.7. The van der Waals surface area contributed by atoms with Crippen LogP contribution in [0, 0.1) is 0 Å². The Morgan fingerprint density at radius 3 is 1.59 bits per heavy atom. The van der Waals surface area contributed by atoms with Gasteiger partial charge in [0.15, 0.2) is 6.29 Å². The summed E-state index contributed by atoms with van der Waals surface area (Å²) in [4.78, 5) is 0. The van der Waals surface area contributed by atoms with Crippen molar-refractivity contribution in [3.05, 3.63) is 108 Å². The minimum Gasteiger partial charge on any atom is -0.374 e. The lowest BCUT2D eigenvalue weighted by atomic mass is 10.1. The summed E-state index contributed by atoms with van der Waals surface area (Å²) >= 11 is 0. The zero-order valence-corrected chi connectivity index (χ0v) is 18.3. The van der Waals surface area contributed by atoms with E-state index in [1.54, 1.807) is 7.11 Å². The van der Waals surface area contributed by atoms with Crippen molar-refractivity contribution in [2.75, 3.05) is 13.7 Å². The van der Waals surface area contributed by atoms with E-state index in [0.29, 0.717) is 26.4 Å². The van der Waals surface area contributed by atoms with Crippen molar-refractivity contribution in [3.8, 4) is 0 Å². The average Bonchev–Trinajstić information content (AvgIpc) is 3.19. The van der Waals surface area contributed by atoms with Gasteiger partial charge in [-0.15, -0.1) is 0 Å². The van der Waals surface area contributed by atoms with Crippen molar-refractivity contribution < 1.29 is 23.7 Å². The minimum absolute atomic E-state index is 0.298. The van der Waals surface area contributed by atoms with E-state index >= 15 is 0 Å². The van der Waals surface area contributed by atoms with Crippen LogP contribution in [0.3, 0.4) is 0 Å². The Labute approximate surface area is 189 Å². The molecule has 1 aliphatic heterocycles. The van der Waals surface area contributed by atoms with Crippen molar-refractivity contribution in [2.45, 2.75) is 44.4 Å². The van der Waals surface area contributed by atoms with E-state index in [1.807, 2.05) is 91.0 Å². The monoisotopic (exact) mass is 434 g/mol. The van der Waals surface area contributed by atoms with E-state index in [0.717, 1.165) is 16.7 Å². The van der Waals surface area contributed by atoms with Crippen LogP contribution in [-0.4, -0.2) is 38.3 Å². The first kappa shape index (κ1) is 22.6. The summed E-state index contributed by atoms with van der Waals surface area (Å²) < 4.78 is 30.3. The fourth-order valence-corrected chi connectivity index (χ4v) is 3.79. The van der Waals surface area contributed by atoms with Gasteiger partial charge < -0.3 is 23.7 Å². The maximum atomic E-state index is 6.33. The first-order chi connectivity index (χ1) is 15.8. The quantitative estimate of drug-likeness (QED) is 0.436. The highest BCUT2D eigenvalue weighted by molar-refractivity contribution is 5.15. The molecule has 168 valence electrons. The molecule has 4 rings (SSSR count). The molecule has 3 aromatic carbocycles. The summed E-state index contributed by atoms with van der Waals surface area (Å²) in [5, 5.41) is 0. The predicted octanol–water partition coefficient (Wildman–Crippen LogP) is 4.75. The van der Waals surface area contributed by atoms with E-state index in [1.165, 1.54) is 0 Å². The minimum atomic E-state index is -0.523. The van der Waals surface area contributed by atoms with Crippen molar-refractivity contribution in [1.29, 1.82) is 0 Å². The summed E-state index contributed by atoms with van der Waals surface area (Å²) in [5.74, 6) is 0. The number of hydrogen-bond donors (Lipinski definition) is 0. The first-order valence-corrected chi connectivity index (χ1v) is 10.9. The largest absolute Gasteiger partial charge is 0.374 e. The van der Waals surface area contributed by atoms with E-state index in [-0.39, 0.29) is 18.3 Å². The molecule has 0 radical (unpaired) electrons. The normalized spacial score (nSPS) is 22.8. The molecule has 1 saturated heterocycles. The predicted molar refractivity (Wildman–Crippen MR) is 122 cm³/mol. The molecule has 0 aliphatic carbocycles. The molecule has 0 amide bonds. The van der Waals surface area contributed by atoms with Crippen LogP contribution in [-0.2, 0) is 43.5 Å². The molecule has 0 N–H and O–H groups in total. The van der Waals surface area contributed by atoms with E-state index in [9.17, 15) is 0 Å². The lowest BCUT2D eigenvalue weighted by Gasteiger charge is -2.24. The van der Waals surface area contributed by atoms with Gasteiger partial charge in [-0.25, -0.2) is 0 Å². The highest BCUT2D eigenvalue weighted by Crippen LogP contribution is 2.29. The van der Waals surface area contributed by atoms with Gasteiger partial charge in [-0.3, -0.25) is 0 Å². The topological polar surface area (TPSA) is 46.2 Å². The lowest BCUT2D eigenvalue weighted by Crippen LogP contribution is -2.39. The third kappa shape index (κ3) is 6.25. The summed E-state index contributed by atoms with van der Waals surface area (Å²) in [5.41, 5.74) is 3.31. The summed E-state index contributed by atoms with van der Waals surface area (Å²) in [7, 11) is 1.63. The molecule has 0 spiro atoms. The smallest absolute Gasteiger partial charge is 0.186 e. The Kier molecular flexibility index (Phi) is 8.42. The van der Waals surface area contributed by atoms with Gasteiger partial charge in [0.25, 0.3) is 0 Å². The Hall–Kier alpha value is -2.54. The molecule has 32 heavy (non-hydrogen) atoms. The van der Waals surface area contributed by atoms with Gasteiger partial charge in [0.2, 0.25) is 0 Å². The van der Waals surface area contributed by atoms with Crippen LogP contribution in [0.1, 0.15) is 16.7 Å². The van der Waals surface area contributed by atoms with Crippen molar-refractivity contribution in [2.24, 2.45) is 0 Å². The second kappa shape index (κ2) is 11.9. The molecule has 4 atom stereocenters. The van der Waals surface area contributed by atoms with E-state index in [2.05, 4.69) is 0 Å². The van der Waals surface area contributed by atoms with Gasteiger partial charge in [0.1, 0.15) is 18.3 Å². The van der Waals surface area contributed by atoms with Crippen molar-refractivity contribution in [1.82, 2.24) is 0 Å². The second-order valence-corrected chi connectivity index (χ2v) is 7.80. The number of rotatable bonds is 11. The Bertz CT molecular complexity index is 903. The third-order valence-electron chi connectivity index (χ3n) is 5.46. The highest BCUT2D eigenvalue weighted by Gasteiger charge is 2.46. The Morgan fingerprint density at radius 1 is 0.625 bits per heavy atom. The SMILES string of the molecule is CO[C@H]1O[C@H](COCc2ccccc2)[C@@H](OCc2ccccc2)[C@@H]1OCc1ccccc1. The first-order valence-electron chi connectivity index (χ1n) is 10.9. The van der Waals surface area contributed by atoms with E-state index < -0.39 is 6.29 Å². The van der Waals surface area contributed by atoms with Gasteiger partial charge in [0.05, 0.1) is 26.4 Å². The molecule has 0 unspecified atom stereocenters. The molecule has 0 bridgehead atoms. The van der Waals surface area contributed by atoms with Crippen LogP contribution >= 0.6 is 0 Å². The van der Waals surface area contributed by atoms with Crippen LogP contribution < -0.4 is 0 Å². The molecule has 5 heteroatoms. The summed E-state index contributed by atoms with van der Waals surface area (Å²) in [6, 6.07) is 30.3. The second-order valence-electron chi connectivity index (χ2n) is 7.80. The van der Waals surface area contributed by atoms with Crippen LogP contribution in [0.15, 0.2) is 91.0 Å². The fraction of sp³-hybridized carbons (Fsp3) is 0.333.